The first-order valence-corrected chi connectivity index (χ1v) is 9.35. The lowest BCUT2D eigenvalue weighted by Gasteiger charge is -2.15. The third kappa shape index (κ3) is 3.99. The second kappa shape index (κ2) is 7.26. The summed E-state index contributed by atoms with van der Waals surface area (Å²) in [7, 11) is 0. The lowest BCUT2D eigenvalue weighted by molar-refractivity contribution is -0.112. The van der Waals surface area contributed by atoms with E-state index in [9.17, 15) is 4.79 Å². The summed E-state index contributed by atoms with van der Waals surface area (Å²) < 4.78 is 1.12. The van der Waals surface area contributed by atoms with Gasteiger partial charge in [0.2, 0.25) is 5.24 Å². The van der Waals surface area contributed by atoms with E-state index >= 15 is 0 Å². The standard InChI is InChI=1S/C17H17BrClNOS/c18-14-7-16(22-11-14)15-10-20(9-13(15)6-17(19)21)8-12-4-2-1-3-5-12/h1-5,7,11,13,15H,6,8-10H2. The number of nitrogens with zero attached hydrogens (tertiary/aromatic N) is 1. The molecule has 1 saturated heterocycles. The Balaban J connectivity index is 1.74. The Hall–Kier alpha value is -0.680. The molecule has 22 heavy (non-hydrogen) atoms. The van der Waals surface area contributed by atoms with E-state index in [-0.39, 0.29) is 5.24 Å². The van der Waals surface area contributed by atoms with Crippen molar-refractivity contribution in [2.45, 2.75) is 18.9 Å². The Morgan fingerprint density at radius 2 is 2.09 bits per heavy atom. The van der Waals surface area contributed by atoms with Gasteiger partial charge in [0, 0.05) is 46.7 Å². The van der Waals surface area contributed by atoms with Crippen LogP contribution in [0, 0.1) is 5.92 Å². The highest BCUT2D eigenvalue weighted by Gasteiger charge is 2.35. The summed E-state index contributed by atoms with van der Waals surface area (Å²) >= 11 is 10.9. The van der Waals surface area contributed by atoms with Crippen LogP contribution < -0.4 is 0 Å². The van der Waals surface area contributed by atoms with Crippen LogP contribution in [-0.2, 0) is 11.3 Å². The summed E-state index contributed by atoms with van der Waals surface area (Å²) in [4.78, 5) is 15.2. The fraction of sp³-hybridized carbons (Fsp3) is 0.353. The second-order valence-corrected chi connectivity index (χ2v) is 8.05. The van der Waals surface area contributed by atoms with Crippen LogP contribution in [0.25, 0.3) is 0 Å². The number of benzene rings is 1. The van der Waals surface area contributed by atoms with Crippen LogP contribution in [0.3, 0.4) is 0 Å². The third-order valence-electron chi connectivity index (χ3n) is 4.14. The fourth-order valence-corrected chi connectivity index (χ4v) is 5.02. The first-order chi connectivity index (χ1) is 10.6. The normalized spacial score (nSPS) is 22.1. The highest BCUT2D eigenvalue weighted by molar-refractivity contribution is 9.10. The molecule has 0 aliphatic carbocycles. The predicted octanol–water partition coefficient (Wildman–Crippen LogP) is 4.88. The van der Waals surface area contributed by atoms with Crippen molar-refractivity contribution in [2.75, 3.05) is 13.1 Å². The summed E-state index contributed by atoms with van der Waals surface area (Å²) in [5.41, 5.74) is 1.31. The van der Waals surface area contributed by atoms with E-state index < -0.39 is 0 Å². The smallest absolute Gasteiger partial charge is 0.221 e. The maximum absolute atomic E-state index is 11.4. The van der Waals surface area contributed by atoms with Gasteiger partial charge in [0.05, 0.1) is 0 Å². The number of likely N-dealkylation sites (tertiary alicyclic amines) is 1. The second-order valence-electron chi connectivity index (χ2n) is 5.77. The number of carbonyl (C=O) groups is 1. The van der Waals surface area contributed by atoms with Crippen molar-refractivity contribution in [2.24, 2.45) is 5.92 Å². The van der Waals surface area contributed by atoms with Gasteiger partial charge >= 0.3 is 0 Å². The highest BCUT2D eigenvalue weighted by atomic mass is 79.9. The molecule has 0 spiro atoms. The average Bonchev–Trinajstić information content (AvgIpc) is 3.06. The lowest BCUT2D eigenvalue weighted by Crippen LogP contribution is -2.20. The summed E-state index contributed by atoms with van der Waals surface area (Å²) in [6.45, 7) is 2.83. The van der Waals surface area contributed by atoms with Crippen LogP contribution in [0.15, 0.2) is 46.3 Å². The van der Waals surface area contributed by atoms with Crippen molar-refractivity contribution < 1.29 is 4.79 Å². The maximum atomic E-state index is 11.4. The van der Waals surface area contributed by atoms with Crippen molar-refractivity contribution in [1.82, 2.24) is 4.90 Å². The molecule has 1 aliphatic rings. The van der Waals surface area contributed by atoms with Crippen molar-refractivity contribution >= 4 is 44.1 Å². The van der Waals surface area contributed by atoms with Crippen molar-refractivity contribution in [3.8, 4) is 0 Å². The minimum atomic E-state index is -0.229. The summed E-state index contributed by atoms with van der Waals surface area (Å²) in [6, 6.07) is 12.6. The van der Waals surface area contributed by atoms with Gasteiger partial charge in [-0.3, -0.25) is 9.69 Å². The number of hydrogen-bond acceptors (Lipinski definition) is 3. The summed E-state index contributed by atoms with van der Waals surface area (Å²) in [6.07, 6.45) is 0.451. The van der Waals surface area contributed by atoms with Crippen LogP contribution >= 0.6 is 38.9 Å². The van der Waals surface area contributed by atoms with Crippen molar-refractivity contribution in [1.29, 1.82) is 0 Å². The van der Waals surface area contributed by atoms with Gasteiger partial charge in [-0.1, -0.05) is 30.3 Å². The third-order valence-corrected chi connectivity index (χ3v) is 6.12. The van der Waals surface area contributed by atoms with Gasteiger partial charge in [-0.05, 0) is 45.1 Å². The van der Waals surface area contributed by atoms with Crippen LogP contribution in [0.5, 0.6) is 0 Å². The Bertz CT molecular complexity index is 645. The monoisotopic (exact) mass is 397 g/mol. The number of carbonyl (C=O) groups excluding carboxylic acids is 1. The topological polar surface area (TPSA) is 20.3 Å². The van der Waals surface area contributed by atoms with E-state index in [1.54, 1.807) is 11.3 Å². The summed E-state index contributed by atoms with van der Waals surface area (Å²) in [5, 5.41) is 1.88. The fourth-order valence-electron chi connectivity index (χ4n) is 3.19. The number of thiophene rings is 1. The molecule has 1 aromatic heterocycles. The Morgan fingerprint density at radius 1 is 1.32 bits per heavy atom. The molecule has 1 fully saturated rings. The molecule has 2 unspecified atom stereocenters. The molecule has 2 atom stereocenters. The lowest BCUT2D eigenvalue weighted by atomic mass is 9.92. The summed E-state index contributed by atoms with van der Waals surface area (Å²) in [5.74, 6) is 0.696. The molecule has 2 heterocycles. The van der Waals surface area contributed by atoms with Crippen LogP contribution in [0.1, 0.15) is 22.8 Å². The molecule has 1 aliphatic heterocycles. The first-order valence-electron chi connectivity index (χ1n) is 7.30. The molecule has 2 aromatic rings. The van der Waals surface area contributed by atoms with Gasteiger partial charge in [0.25, 0.3) is 0 Å². The number of hydrogen-bond donors (Lipinski definition) is 0. The molecule has 5 heteroatoms. The highest BCUT2D eigenvalue weighted by Crippen LogP contribution is 2.39. The van der Waals surface area contributed by atoms with Crippen LogP contribution in [0.4, 0.5) is 0 Å². The van der Waals surface area contributed by atoms with Crippen LogP contribution in [-0.4, -0.2) is 23.2 Å². The minimum Gasteiger partial charge on any atom is -0.298 e. The zero-order valence-electron chi connectivity index (χ0n) is 12.0. The Kier molecular flexibility index (Phi) is 5.34. The Labute approximate surface area is 148 Å². The van der Waals surface area contributed by atoms with Crippen LogP contribution in [0.2, 0.25) is 0 Å². The van der Waals surface area contributed by atoms with E-state index in [4.69, 9.17) is 11.6 Å². The zero-order chi connectivity index (χ0) is 15.5. The van der Waals surface area contributed by atoms with Crippen molar-refractivity contribution in [3.05, 3.63) is 56.7 Å². The SMILES string of the molecule is O=C(Cl)CC1CN(Cc2ccccc2)CC1c1cc(Br)cs1. The molecule has 0 bridgehead atoms. The van der Waals surface area contributed by atoms with Gasteiger partial charge in [0.15, 0.2) is 0 Å². The Morgan fingerprint density at radius 3 is 2.73 bits per heavy atom. The largest absolute Gasteiger partial charge is 0.298 e. The van der Waals surface area contributed by atoms with E-state index in [1.165, 1.54) is 10.4 Å². The van der Waals surface area contributed by atoms with E-state index in [2.05, 4.69) is 56.5 Å². The molecular weight excluding hydrogens is 382 g/mol. The first kappa shape index (κ1) is 16.2. The molecule has 1 aromatic carbocycles. The van der Waals surface area contributed by atoms with Gasteiger partial charge in [0.1, 0.15) is 0 Å². The van der Waals surface area contributed by atoms with Crippen molar-refractivity contribution in [3.63, 3.8) is 0 Å². The van der Waals surface area contributed by atoms with Gasteiger partial charge in [-0.25, -0.2) is 0 Å². The molecule has 0 N–H and O–H groups in total. The maximum Gasteiger partial charge on any atom is 0.221 e. The van der Waals surface area contributed by atoms with Gasteiger partial charge in [-0.2, -0.15) is 0 Å². The van der Waals surface area contributed by atoms with E-state index in [0.717, 1.165) is 24.1 Å². The number of halogens is 2. The molecule has 0 radical (unpaired) electrons. The molecule has 0 saturated carbocycles. The number of rotatable bonds is 5. The average molecular weight is 399 g/mol. The minimum absolute atomic E-state index is 0.229. The van der Waals surface area contributed by atoms with E-state index in [1.807, 2.05) is 6.07 Å². The molecule has 2 nitrogen and oxygen atoms in total. The molecule has 3 rings (SSSR count). The van der Waals surface area contributed by atoms with Gasteiger partial charge in [-0.15, -0.1) is 11.3 Å². The van der Waals surface area contributed by atoms with Gasteiger partial charge < -0.3 is 0 Å². The predicted molar refractivity (Wildman–Crippen MR) is 95.4 cm³/mol. The quantitative estimate of drug-likeness (QED) is 0.669. The molecule has 0 amide bonds. The zero-order valence-corrected chi connectivity index (χ0v) is 15.2. The van der Waals surface area contributed by atoms with E-state index in [0.29, 0.717) is 18.3 Å². The molecule has 116 valence electrons. The molecular formula is C17H17BrClNOS.